The molecule has 1 aromatic heterocycles. The van der Waals surface area contributed by atoms with Crippen LogP contribution in [0.15, 0.2) is 18.5 Å². The van der Waals surface area contributed by atoms with Crippen molar-refractivity contribution in [1.29, 1.82) is 0 Å². The third-order valence-corrected chi connectivity index (χ3v) is 2.64. The van der Waals surface area contributed by atoms with Gasteiger partial charge >= 0.3 is 0 Å². The molecule has 0 aromatic carbocycles. The van der Waals surface area contributed by atoms with Crippen LogP contribution in [0.5, 0.6) is 5.75 Å². The molecule has 1 aromatic rings. The van der Waals surface area contributed by atoms with Gasteiger partial charge in [0.15, 0.2) is 0 Å². The minimum Gasteiger partial charge on any atom is -0.495 e. The molecule has 0 fully saturated rings. The Morgan fingerprint density at radius 2 is 2.00 bits per heavy atom. The number of pyridine rings is 1. The highest BCUT2D eigenvalue weighted by Gasteiger charge is 2.05. The molecule has 1 atom stereocenters. The van der Waals surface area contributed by atoms with E-state index in [1.165, 1.54) is 5.56 Å². The second-order valence-electron chi connectivity index (χ2n) is 5.09. The number of rotatable bonds is 7. The second kappa shape index (κ2) is 7.28. The highest BCUT2D eigenvalue weighted by molar-refractivity contribution is 5.23. The quantitative estimate of drug-likeness (QED) is 0.790. The molecular weight excluding hydrogens is 212 g/mol. The molecule has 0 radical (unpaired) electrons. The lowest BCUT2D eigenvalue weighted by molar-refractivity contribution is 0.411. The Bertz CT molecular complexity index is 326. The molecule has 0 saturated heterocycles. The van der Waals surface area contributed by atoms with Crippen LogP contribution in [0.4, 0.5) is 0 Å². The van der Waals surface area contributed by atoms with Gasteiger partial charge in [0.25, 0.3) is 0 Å². The van der Waals surface area contributed by atoms with E-state index in [2.05, 4.69) is 37.1 Å². The Hall–Kier alpha value is -1.09. The Morgan fingerprint density at radius 1 is 1.24 bits per heavy atom. The maximum atomic E-state index is 5.17. The number of nitrogens with zero attached hydrogens (tertiary/aromatic N) is 1. The van der Waals surface area contributed by atoms with Gasteiger partial charge < -0.3 is 10.1 Å². The summed E-state index contributed by atoms with van der Waals surface area (Å²) in [5, 5.41) is 3.48. The lowest BCUT2D eigenvalue weighted by Gasteiger charge is -2.14. The summed E-state index contributed by atoms with van der Waals surface area (Å²) >= 11 is 0. The van der Waals surface area contributed by atoms with Crippen molar-refractivity contribution < 1.29 is 4.74 Å². The first-order valence-electron chi connectivity index (χ1n) is 6.30. The van der Waals surface area contributed by atoms with Gasteiger partial charge in [0.05, 0.1) is 13.3 Å². The topological polar surface area (TPSA) is 34.1 Å². The van der Waals surface area contributed by atoms with Crippen LogP contribution in [-0.4, -0.2) is 25.2 Å². The molecule has 0 bridgehead atoms. The molecule has 1 unspecified atom stereocenters. The molecule has 1 rings (SSSR count). The molecule has 0 spiro atoms. The van der Waals surface area contributed by atoms with Gasteiger partial charge in [-0.15, -0.1) is 0 Å². The smallest absolute Gasteiger partial charge is 0.137 e. The second-order valence-corrected chi connectivity index (χ2v) is 5.09. The van der Waals surface area contributed by atoms with E-state index in [9.17, 15) is 0 Å². The molecular formula is C14H24N2O. The third-order valence-electron chi connectivity index (χ3n) is 2.64. The van der Waals surface area contributed by atoms with Crippen molar-refractivity contribution in [3.8, 4) is 5.75 Å². The molecule has 1 N–H and O–H groups in total. The standard InChI is InChI=1S/C14H24N2O/c1-11(2)7-15-8-12(3)5-13-6-14(17-4)10-16-9-13/h6,9-12,15H,5,7-8H2,1-4H3. The van der Waals surface area contributed by atoms with E-state index in [1.54, 1.807) is 13.3 Å². The van der Waals surface area contributed by atoms with Crippen molar-refractivity contribution in [2.24, 2.45) is 11.8 Å². The highest BCUT2D eigenvalue weighted by atomic mass is 16.5. The number of methoxy groups -OCH3 is 1. The average Bonchev–Trinajstić information content (AvgIpc) is 2.28. The van der Waals surface area contributed by atoms with Crippen LogP contribution < -0.4 is 10.1 Å². The first-order chi connectivity index (χ1) is 8.11. The average molecular weight is 236 g/mol. The molecule has 0 aliphatic rings. The largest absolute Gasteiger partial charge is 0.495 e. The third kappa shape index (κ3) is 5.68. The van der Waals surface area contributed by atoms with Crippen LogP contribution in [0.1, 0.15) is 26.3 Å². The minimum atomic E-state index is 0.614. The van der Waals surface area contributed by atoms with Gasteiger partial charge in [-0.3, -0.25) is 4.98 Å². The zero-order valence-corrected chi connectivity index (χ0v) is 11.4. The Kier molecular flexibility index (Phi) is 5.98. The van der Waals surface area contributed by atoms with Gasteiger partial charge in [-0.1, -0.05) is 20.8 Å². The van der Waals surface area contributed by atoms with Crippen LogP contribution in [-0.2, 0) is 6.42 Å². The van der Waals surface area contributed by atoms with E-state index in [0.29, 0.717) is 11.8 Å². The van der Waals surface area contributed by atoms with Crippen LogP contribution in [0, 0.1) is 11.8 Å². The van der Waals surface area contributed by atoms with Crippen molar-refractivity contribution >= 4 is 0 Å². The van der Waals surface area contributed by atoms with Gasteiger partial charge in [-0.05, 0) is 43.0 Å². The van der Waals surface area contributed by atoms with Gasteiger partial charge in [-0.25, -0.2) is 0 Å². The van der Waals surface area contributed by atoms with Crippen molar-refractivity contribution in [2.45, 2.75) is 27.2 Å². The normalized spacial score (nSPS) is 12.8. The minimum absolute atomic E-state index is 0.614. The Balaban J connectivity index is 2.36. The van der Waals surface area contributed by atoms with Crippen LogP contribution in [0.3, 0.4) is 0 Å². The predicted octanol–water partition coefficient (Wildman–Crippen LogP) is 2.51. The van der Waals surface area contributed by atoms with Crippen molar-refractivity contribution in [2.75, 3.05) is 20.2 Å². The summed E-state index contributed by atoms with van der Waals surface area (Å²) in [7, 11) is 1.68. The molecule has 0 aliphatic heterocycles. The number of hydrogen-bond acceptors (Lipinski definition) is 3. The lowest BCUT2D eigenvalue weighted by Crippen LogP contribution is -2.26. The van der Waals surface area contributed by atoms with E-state index >= 15 is 0 Å². The summed E-state index contributed by atoms with van der Waals surface area (Å²) in [5.41, 5.74) is 1.24. The molecule has 0 aliphatic carbocycles. The van der Waals surface area contributed by atoms with Crippen molar-refractivity contribution in [3.63, 3.8) is 0 Å². The van der Waals surface area contributed by atoms with E-state index in [1.807, 2.05) is 6.20 Å². The maximum absolute atomic E-state index is 5.17. The zero-order chi connectivity index (χ0) is 12.7. The number of nitrogens with one attached hydrogen (secondary N) is 1. The molecule has 3 heteroatoms. The summed E-state index contributed by atoms with van der Waals surface area (Å²) < 4.78 is 5.17. The Labute approximate surface area is 105 Å². The Morgan fingerprint density at radius 3 is 2.65 bits per heavy atom. The number of ether oxygens (including phenoxy) is 1. The van der Waals surface area contributed by atoms with Gasteiger partial charge in [-0.2, -0.15) is 0 Å². The highest BCUT2D eigenvalue weighted by Crippen LogP contribution is 2.13. The maximum Gasteiger partial charge on any atom is 0.137 e. The SMILES string of the molecule is COc1cncc(CC(C)CNCC(C)C)c1. The van der Waals surface area contributed by atoms with Crippen LogP contribution >= 0.6 is 0 Å². The first kappa shape index (κ1) is 14.0. The molecule has 1 heterocycles. The fourth-order valence-electron chi connectivity index (χ4n) is 1.78. The number of hydrogen-bond donors (Lipinski definition) is 1. The van der Waals surface area contributed by atoms with Gasteiger partial charge in [0.1, 0.15) is 5.75 Å². The van der Waals surface area contributed by atoms with E-state index in [-0.39, 0.29) is 0 Å². The summed E-state index contributed by atoms with van der Waals surface area (Å²) in [6, 6.07) is 2.06. The fourth-order valence-corrected chi connectivity index (χ4v) is 1.78. The molecule has 0 amide bonds. The predicted molar refractivity (Wildman–Crippen MR) is 71.4 cm³/mol. The van der Waals surface area contributed by atoms with Crippen LogP contribution in [0.2, 0.25) is 0 Å². The summed E-state index contributed by atoms with van der Waals surface area (Å²) in [5.74, 6) is 2.16. The first-order valence-corrected chi connectivity index (χ1v) is 6.30. The van der Waals surface area contributed by atoms with Gasteiger partial charge in [0, 0.05) is 6.20 Å². The molecule has 96 valence electrons. The van der Waals surface area contributed by atoms with Crippen molar-refractivity contribution in [3.05, 3.63) is 24.0 Å². The van der Waals surface area contributed by atoms with E-state index in [0.717, 1.165) is 25.3 Å². The number of aromatic nitrogens is 1. The lowest BCUT2D eigenvalue weighted by atomic mass is 10.0. The van der Waals surface area contributed by atoms with Crippen molar-refractivity contribution in [1.82, 2.24) is 10.3 Å². The molecule has 3 nitrogen and oxygen atoms in total. The summed E-state index contributed by atoms with van der Waals surface area (Å²) in [6.07, 6.45) is 4.70. The fraction of sp³-hybridized carbons (Fsp3) is 0.643. The van der Waals surface area contributed by atoms with E-state index in [4.69, 9.17) is 4.74 Å². The van der Waals surface area contributed by atoms with Crippen LogP contribution in [0.25, 0.3) is 0 Å². The van der Waals surface area contributed by atoms with E-state index < -0.39 is 0 Å². The summed E-state index contributed by atoms with van der Waals surface area (Å²) in [4.78, 5) is 4.17. The molecule has 0 saturated carbocycles. The molecule has 17 heavy (non-hydrogen) atoms. The van der Waals surface area contributed by atoms with Gasteiger partial charge in [0.2, 0.25) is 0 Å². The monoisotopic (exact) mass is 236 g/mol. The zero-order valence-electron chi connectivity index (χ0n) is 11.4. The summed E-state index contributed by atoms with van der Waals surface area (Å²) in [6.45, 7) is 8.84.